The Hall–Kier alpha value is -0.730. The van der Waals surface area contributed by atoms with Gasteiger partial charge in [-0.25, -0.2) is 0 Å². The summed E-state index contributed by atoms with van der Waals surface area (Å²) in [6.45, 7) is 7.43. The number of aliphatic hydroxyl groups excluding tert-OH is 2. The lowest BCUT2D eigenvalue weighted by molar-refractivity contribution is -0.217. The van der Waals surface area contributed by atoms with Gasteiger partial charge >= 0.3 is 5.97 Å². The third-order valence-corrected chi connectivity index (χ3v) is 15.2. The van der Waals surface area contributed by atoms with Gasteiger partial charge in [0.1, 0.15) is 6.79 Å². The molecule has 8 fully saturated rings. The quantitative estimate of drug-likeness (QED) is 0.236. The highest BCUT2D eigenvalue weighted by Crippen LogP contribution is 2.68. The van der Waals surface area contributed by atoms with Gasteiger partial charge in [0.15, 0.2) is 6.79 Å². The van der Waals surface area contributed by atoms with Crippen LogP contribution in [0.1, 0.15) is 104 Å². The average molecular weight is 603 g/mol. The summed E-state index contributed by atoms with van der Waals surface area (Å²) in [5, 5.41) is 23.7. The van der Waals surface area contributed by atoms with Gasteiger partial charge in [-0.1, -0.05) is 20.8 Å². The highest BCUT2D eigenvalue weighted by atomic mass is 16.7. The summed E-state index contributed by atoms with van der Waals surface area (Å²) in [6, 6.07) is 0. The summed E-state index contributed by atoms with van der Waals surface area (Å²) in [4.78, 5) is 12.1. The first-order valence-corrected chi connectivity index (χ1v) is 17.9. The van der Waals surface area contributed by atoms with E-state index in [1.54, 1.807) is 0 Å². The number of aliphatic hydroxyl groups is 2. The van der Waals surface area contributed by atoms with E-state index in [2.05, 4.69) is 20.8 Å². The number of hydrogen-bond donors (Lipinski definition) is 2. The van der Waals surface area contributed by atoms with Crippen LogP contribution in [-0.4, -0.2) is 61.3 Å². The van der Waals surface area contributed by atoms with E-state index in [4.69, 9.17) is 18.9 Å². The van der Waals surface area contributed by atoms with Crippen LogP contribution in [0, 0.1) is 70.0 Å². The van der Waals surface area contributed by atoms with Crippen molar-refractivity contribution in [2.24, 2.45) is 70.0 Å². The van der Waals surface area contributed by atoms with E-state index in [0.717, 1.165) is 75.0 Å². The summed E-state index contributed by atoms with van der Waals surface area (Å²) >= 11 is 0. The van der Waals surface area contributed by atoms with Gasteiger partial charge in [0, 0.05) is 13.5 Å². The molecule has 0 aromatic carbocycles. The van der Waals surface area contributed by atoms with Crippen molar-refractivity contribution in [2.45, 2.75) is 129 Å². The zero-order valence-electron chi connectivity index (χ0n) is 27.1. The molecular weight excluding hydrogens is 544 g/mol. The minimum atomic E-state index is -0.379. The Kier molecular flexibility index (Phi) is 8.49. The Morgan fingerprint density at radius 2 is 1.72 bits per heavy atom. The van der Waals surface area contributed by atoms with Gasteiger partial charge in [0.2, 0.25) is 0 Å². The zero-order chi connectivity index (χ0) is 30.1. The predicted molar refractivity (Wildman–Crippen MR) is 161 cm³/mol. The first-order valence-electron chi connectivity index (χ1n) is 17.9. The van der Waals surface area contributed by atoms with Crippen molar-refractivity contribution in [3.8, 4) is 0 Å². The number of hydrogen-bond acceptors (Lipinski definition) is 7. The van der Waals surface area contributed by atoms with Gasteiger partial charge in [-0.3, -0.25) is 4.79 Å². The number of methoxy groups -OCH3 is 1. The van der Waals surface area contributed by atoms with E-state index >= 15 is 0 Å². The Labute approximate surface area is 259 Å². The molecule has 8 saturated carbocycles. The third-order valence-electron chi connectivity index (χ3n) is 15.2. The van der Waals surface area contributed by atoms with Crippen molar-refractivity contribution in [1.29, 1.82) is 0 Å². The number of carbonyl (C=O) groups is 1. The number of carbonyl (C=O) groups excluding carboxylic acids is 1. The molecule has 0 aromatic heterocycles. The molecule has 2 N–H and O–H groups in total. The summed E-state index contributed by atoms with van der Waals surface area (Å²) < 4.78 is 22.9. The van der Waals surface area contributed by atoms with E-state index < -0.39 is 0 Å². The monoisotopic (exact) mass is 602 g/mol. The molecule has 0 spiro atoms. The third kappa shape index (κ3) is 5.14. The van der Waals surface area contributed by atoms with Gasteiger partial charge in [-0.05, 0) is 147 Å². The van der Waals surface area contributed by atoms with E-state index in [1.165, 1.54) is 32.8 Å². The second kappa shape index (κ2) is 11.8. The van der Waals surface area contributed by atoms with Crippen molar-refractivity contribution in [3.63, 3.8) is 0 Å². The van der Waals surface area contributed by atoms with Crippen molar-refractivity contribution >= 4 is 5.97 Å². The summed E-state index contributed by atoms with van der Waals surface area (Å²) in [5.41, 5.74) is -0.0942. The second-order valence-corrected chi connectivity index (χ2v) is 16.8. The van der Waals surface area contributed by atoms with Crippen molar-refractivity contribution < 1.29 is 34.0 Å². The van der Waals surface area contributed by atoms with Gasteiger partial charge in [-0.15, -0.1) is 0 Å². The summed E-state index contributed by atoms with van der Waals surface area (Å²) in [7, 11) is 1.52. The Morgan fingerprint density at radius 1 is 0.907 bits per heavy atom. The lowest BCUT2D eigenvalue weighted by Crippen LogP contribution is -2.62. The molecule has 7 nitrogen and oxygen atoms in total. The van der Waals surface area contributed by atoms with E-state index in [1.807, 2.05) is 0 Å². The number of ether oxygens (including phenoxy) is 4. The molecule has 0 radical (unpaired) electrons. The minimum absolute atomic E-state index is 0.00144. The first kappa shape index (κ1) is 30.9. The SMILES string of the molecule is COCOC(=O)CCC(C)C1CCC2C3C(C[C@H](O)[C@]12C)[C@@]1(C)CC[C@@H](OCOC2C4CC5CC(C4)C2C5)CC1C[C@H]3O. The minimum Gasteiger partial charge on any atom is -0.438 e. The van der Waals surface area contributed by atoms with Crippen LogP contribution in [0.15, 0.2) is 0 Å². The number of esters is 1. The molecule has 7 heteroatoms. The molecule has 0 saturated heterocycles. The topological polar surface area (TPSA) is 94.5 Å². The molecule has 8 rings (SSSR count). The first-order chi connectivity index (χ1) is 20.6. The van der Waals surface area contributed by atoms with Gasteiger partial charge in [0.25, 0.3) is 0 Å². The van der Waals surface area contributed by atoms with Crippen LogP contribution < -0.4 is 0 Å². The van der Waals surface area contributed by atoms with Gasteiger partial charge in [-0.2, -0.15) is 0 Å². The van der Waals surface area contributed by atoms with Crippen LogP contribution in [0.5, 0.6) is 0 Å². The molecule has 4 bridgehead atoms. The molecule has 0 aromatic rings. The Morgan fingerprint density at radius 3 is 2.51 bits per heavy atom. The summed E-state index contributed by atoms with van der Waals surface area (Å²) in [6.07, 6.45) is 13.5. The summed E-state index contributed by atoms with van der Waals surface area (Å²) in [5.74, 6) is 5.20. The number of fused-ring (bicyclic) bond motifs is 5. The normalized spacial score (nSPS) is 52.0. The van der Waals surface area contributed by atoms with Crippen LogP contribution in [-0.2, 0) is 23.7 Å². The van der Waals surface area contributed by atoms with E-state index in [0.29, 0.717) is 48.9 Å². The van der Waals surface area contributed by atoms with Crippen LogP contribution >= 0.6 is 0 Å². The van der Waals surface area contributed by atoms with Crippen LogP contribution in [0.25, 0.3) is 0 Å². The van der Waals surface area contributed by atoms with Crippen LogP contribution in [0.4, 0.5) is 0 Å². The zero-order valence-corrected chi connectivity index (χ0v) is 27.1. The standard InChI is InChI=1S/C36H58O7/c1-20(5-8-32(39)42-18-40-4)27-6-7-28-33-29(17-31(38)36(27,28)3)35(2)10-9-25(15-24(35)16-30(33)37)41-19-43-34-23-12-21-11-22(14-23)26(34)13-21/h20-31,33-34,37-38H,5-19H2,1-4H3/t20?,21?,22?,23?,24?,25-,26?,27?,28?,29?,30-,31+,33?,34?,35+,36-/m1/s1. The maximum Gasteiger partial charge on any atom is 0.307 e. The lowest BCUT2D eigenvalue weighted by Gasteiger charge is -2.63. The Bertz CT molecular complexity index is 1020. The molecule has 16 atom stereocenters. The second-order valence-electron chi connectivity index (χ2n) is 16.8. The maximum absolute atomic E-state index is 12.1. The van der Waals surface area contributed by atoms with Crippen molar-refractivity contribution in [2.75, 3.05) is 20.7 Å². The fourth-order valence-corrected chi connectivity index (χ4v) is 13.2. The van der Waals surface area contributed by atoms with E-state index in [9.17, 15) is 15.0 Å². The van der Waals surface area contributed by atoms with Crippen LogP contribution in [0.2, 0.25) is 0 Å². The Balaban J connectivity index is 0.966. The van der Waals surface area contributed by atoms with Crippen molar-refractivity contribution in [1.82, 2.24) is 0 Å². The molecule has 43 heavy (non-hydrogen) atoms. The largest absolute Gasteiger partial charge is 0.438 e. The predicted octanol–water partition coefficient (Wildman–Crippen LogP) is 5.94. The lowest BCUT2D eigenvalue weighted by atomic mass is 9.43. The van der Waals surface area contributed by atoms with Gasteiger partial charge < -0.3 is 29.2 Å². The molecule has 8 aliphatic carbocycles. The highest BCUT2D eigenvalue weighted by Gasteiger charge is 2.66. The smallest absolute Gasteiger partial charge is 0.307 e. The van der Waals surface area contributed by atoms with Crippen molar-refractivity contribution in [3.05, 3.63) is 0 Å². The van der Waals surface area contributed by atoms with Crippen LogP contribution in [0.3, 0.4) is 0 Å². The molecule has 0 aliphatic heterocycles. The van der Waals surface area contributed by atoms with E-state index in [-0.39, 0.29) is 47.8 Å². The fourth-order valence-electron chi connectivity index (χ4n) is 13.2. The molecule has 244 valence electrons. The maximum atomic E-state index is 12.1. The molecule has 8 aliphatic rings. The highest BCUT2D eigenvalue weighted by molar-refractivity contribution is 5.69. The molecular formula is C36H58O7. The van der Waals surface area contributed by atoms with Gasteiger partial charge in [0.05, 0.1) is 24.4 Å². The molecule has 11 unspecified atom stereocenters. The number of rotatable bonds is 10. The average Bonchev–Trinajstić information content (AvgIpc) is 3.57. The molecule has 0 amide bonds. The molecule has 0 heterocycles. The fraction of sp³-hybridized carbons (Fsp3) is 0.972.